The van der Waals surface area contributed by atoms with Gasteiger partial charge in [-0.25, -0.2) is 4.98 Å². The number of pyridine rings is 1. The van der Waals surface area contributed by atoms with E-state index in [1.165, 1.54) is 33.4 Å². The quantitative estimate of drug-likeness (QED) is 0.345. The third-order valence-corrected chi connectivity index (χ3v) is 4.71. The van der Waals surface area contributed by atoms with Crippen molar-refractivity contribution in [3.63, 3.8) is 0 Å². The van der Waals surface area contributed by atoms with E-state index >= 15 is 0 Å². The molecular formula is C25H27Cl3N3V-3. The van der Waals surface area contributed by atoms with Gasteiger partial charge in [-0.3, -0.25) is 9.98 Å². The van der Waals surface area contributed by atoms with E-state index in [0.717, 1.165) is 22.8 Å². The van der Waals surface area contributed by atoms with Gasteiger partial charge in [0.15, 0.2) is 0 Å². The Morgan fingerprint density at radius 3 is 1.22 bits per heavy atom. The molecule has 3 rings (SSSR count). The summed E-state index contributed by atoms with van der Waals surface area (Å²) in [5.74, 6) is 0. The fourth-order valence-corrected chi connectivity index (χ4v) is 3.63. The molecule has 0 saturated carbocycles. The normalized spacial score (nSPS) is 10.2. The van der Waals surface area contributed by atoms with Crippen LogP contribution < -0.4 is 37.2 Å². The number of aromatic nitrogens is 1. The zero-order valence-electron chi connectivity index (χ0n) is 19.1. The zero-order chi connectivity index (χ0) is 20.3. The fourth-order valence-electron chi connectivity index (χ4n) is 3.63. The van der Waals surface area contributed by atoms with Crippen molar-refractivity contribution >= 4 is 23.8 Å². The molecule has 0 fully saturated rings. The van der Waals surface area contributed by atoms with E-state index < -0.39 is 0 Å². The third-order valence-electron chi connectivity index (χ3n) is 4.71. The molecule has 1 heterocycles. The van der Waals surface area contributed by atoms with Crippen molar-refractivity contribution < 1.29 is 55.8 Å². The van der Waals surface area contributed by atoms with Gasteiger partial charge >= 0.3 is 0 Å². The molecular weight excluding hydrogens is 500 g/mol. The maximum Gasteiger partial charge on any atom is 0.0820 e. The van der Waals surface area contributed by atoms with Crippen LogP contribution in [0.25, 0.3) is 0 Å². The van der Waals surface area contributed by atoms with Crippen LogP contribution in [0.1, 0.15) is 44.8 Å². The molecule has 0 spiro atoms. The molecule has 0 N–H and O–H groups in total. The number of nitrogens with zero attached hydrogens (tertiary/aromatic N) is 3. The van der Waals surface area contributed by atoms with E-state index in [1.807, 2.05) is 30.6 Å². The minimum Gasteiger partial charge on any atom is -1.00 e. The first-order valence-electron chi connectivity index (χ1n) is 9.54. The molecule has 0 amide bonds. The van der Waals surface area contributed by atoms with E-state index in [2.05, 4.69) is 80.8 Å². The minimum atomic E-state index is 0. The molecule has 3 nitrogen and oxygen atoms in total. The Kier molecular flexibility index (Phi) is 14.8. The predicted molar refractivity (Wildman–Crippen MR) is 120 cm³/mol. The molecule has 0 aliphatic carbocycles. The van der Waals surface area contributed by atoms with Gasteiger partial charge in [0.2, 0.25) is 0 Å². The Morgan fingerprint density at radius 1 is 0.594 bits per heavy atom. The van der Waals surface area contributed by atoms with Crippen LogP contribution in [0.2, 0.25) is 0 Å². The van der Waals surface area contributed by atoms with Crippen LogP contribution in [0.5, 0.6) is 0 Å². The number of hydrogen-bond acceptors (Lipinski definition) is 3. The van der Waals surface area contributed by atoms with Gasteiger partial charge < -0.3 is 37.2 Å². The Hall–Kier alpha value is -1.62. The monoisotopic (exact) mass is 525 g/mol. The first-order valence-corrected chi connectivity index (χ1v) is 9.54. The van der Waals surface area contributed by atoms with E-state index in [4.69, 9.17) is 0 Å². The van der Waals surface area contributed by atoms with Gasteiger partial charge in [-0.05, 0) is 75.9 Å². The molecule has 1 radical (unpaired) electrons. The first kappa shape index (κ1) is 32.6. The number of benzene rings is 2. The summed E-state index contributed by atoms with van der Waals surface area (Å²) in [4.78, 5) is 14.0. The van der Waals surface area contributed by atoms with Crippen molar-refractivity contribution in [2.24, 2.45) is 9.98 Å². The van der Waals surface area contributed by atoms with Crippen LogP contribution in [0.4, 0.5) is 11.4 Å². The topological polar surface area (TPSA) is 37.6 Å². The van der Waals surface area contributed by atoms with Crippen molar-refractivity contribution in [3.8, 4) is 0 Å². The molecule has 171 valence electrons. The van der Waals surface area contributed by atoms with Gasteiger partial charge in [0, 0.05) is 18.6 Å². The predicted octanol–water partition coefficient (Wildman–Crippen LogP) is -2.56. The zero-order valence-corrected chi connectivity index (χ0v) is 22.8. The summed E-state index contributed by atoms with van der Waals surface area (Å²) >= 11 is 0. The number of aryl methyl sites for hydroxylation is 6. The minimum absolute atomic E-state index is 0. The van der Waals surface area contributed by atoms with Crippen molar-refractivity contribution in [2.75, 3.05) is 0 Å². The third kappa shape index (κ3) is 8.38. The Bertz CT molecular complexity index is 967. The van der Waals surface area contributed by atoms with Crippen molar-refractivity contribution in [3.05, 3.63) is 87.2 Å². The van der Waals surface area contributed by atoms with Gasteiger partial charge in [0.1, 0.15) is 0 Å². The van der Waals surface area contributed by atoms with Crippen molar-refractivity contribution in [2.45, 2.75) is 41.5 Å². The second-order valence-corrected chi connectivity index (χ2v) is 7.50. The molecule has 0 unspecified atom stereocenters. The van der Waals surface area contributed by atoms with Gasteiger partial charge in [-0.2, -0.15) is 0 Å². The molecule has 32 heavy (non-hydrogen) atoms. The fraction of sp³-hybridized carbons (Fsp3) is 0.240. The largest absolute Gasteiger partial charge is 1.00 e. The summed E-state index contributed by atoms with van der Waals surface area (Å²) in [7, 11) is 0. The molecule has 0 aliphatic heterocycles. The van der Waals surface area contributed by atoms with Gasteiger partial charge in [0.25, 0.3) is 0 Å². The number of aliphatic imine (C=N–C) groups is 2. The maximum absolute atomic E-state index is 4.68. The summed E-state index contributed by atoms with van der Waals surface area (Å²) in [5.41, 5.74) is 10.9. The summed E-state index contributed by atoms with van der Waals surface area (Å²) in [5, 5.41) is 0. The van der Waals surface area contributed by atoms with E-state index in [9.17, 15) is 0 Å². The van der Waals surface area contributed by atoms with Gasteiger partial charge in [-0.15, -0.1) is 0 Å². The van der Waals surface area contributed by atoms with Crippen LogP contribution >= 0.6 is 0 Å². The standard InChI is InChI=1S/C25H27N3.3ClH.V/c1-16-10-18(3)24(19(4)11-16)26-14-22-8-7-9-23(28-22)15-27-25-20(5)12-17(2)13-21(25)6;;;;/h7-15H,1-6H3;3*1H;/p-3. The molecule has 7 heteroatoms. The van der Waals surface area contributed by atoms with Crippen LogP contribution in [0.3, 0.4) is 0 Å². The van der Waals surface area contributed by atoms with E-state index in [-0.39, 0.29) is 55.8 Å². The van der Waals surface area contributed by atoms with E-state index in [1.54, 1.807) is 0 Å². The SMILES string of the molecule is Cc1cc(C)c(N=Cc2cccc(C=Nc3c(C)cc(C)cc3C)n2)c(C)c1.[Cl-].[Cl-].[Cl-].[V]. The molecule has 0 aliphatic rings. The number of rotatable bonds is 4. The van der Waals surface area contributed by atoms with Crippen LogP contribution in [0, 0.1) is 41.5 Å². The molecule has 3 aromatic rings. The average Bonchev–Trinajstić information content (AvgIpc) is 2.60. The summed E-state index contributed by atoms with van der Waals surface area (Å²) in [6, 6.07) is 14.5. The van der Waals surface area contributed by atoms with Crippen molar-refractivity contribution in [1.82, 2.24) is 4.98 Å². The van der Waals surface area contributed by atoms with Crippen LogP contribution in [0.15, 0.2) is 52.4 Å². The van der Waals surface area contributed by atoms with Crippen LogP contribution in [-0.2, 0) is 18.6 Å². The van der Waals surface area contributed by atoms with E-state index in [0.29, 0.717) is 0 Å². The summed E-state index contributed by atoms with van der Waals surface area (Å²) < 4.78 is 0. The van der Waals surface area contributed by atoms with Gasteiger partial charge in [0.05, 0.1) is 35.2 Å². The smallest absolute Gasteiger partial charge is 0.0820 e. The molecule has 0 saturated heterocycles. The average molecular weight is 527 g/mol. The Balaban J connectivity index is 0. The Labute approximate surface area is 222 Å². The Morgan fingerprint density at radius 2 is 0.906 bits per heavy atom. The summed E-state index contributed by atoms with van der Waals surface area (Å²) in [6.07, 6.45) is 3.65. The number of halogens is 3. The summed E-state index contributed by atoms with van der Waals surface area (Å²) in [6.45, 7) is 12.6. The first-order chi connectivity index (χ1) is 13.3. The second kappa shape index (κ2) is 14.5. The van der Waals surface area contributed by atoms with Gasteiger partial charge in [-0.1, -0.05) is 41.5 Å². The molecule has 1 aromatic heterocycles. The number of hydrogen-bond donors (Lipinski definition) is 0. The second-order valence-electron chi connectivity index (χ2n) is 7.50. The van der Waals surface area contributed by atoms with Crippen LogP contribution in [-0.4, -0.2) is 17.4 Å². The maximum atomic E-state index is 4.68. The molecule has 2 aromatic carbocycles. The molecule has 0 atom stereocenters. The molecule has 0 bridgehead atoms. The van der Waals surface area contributed by atoms with Crippen molar-refractivity contribution in [1.29, 1.82) is 0 Å².